The topological polar surface area (TPSA) is 52.7 Å². The van der Waals surface area contributed by atoms with Crippen molar-refractivity contribution < 1.29 is 22.8 Å². The van der Waals surface area contributed by atoms with Gasteiger partial charge in [0, 0.05) is 20.0 Å². The van der Waals surface area contributed by atoms with E-state index in [1.54, 1.807) is 6.92 Å². The normalized spacial score (nSPS) is 17.3. The van der Waals surface area contributed by atoms with E-state index in [1.807, 2.05) is 0 Å². The Bertz CT molecular complexity index is 367. The Morgan fingerprint density at radius 2 is 1.85 bits per heavy atom. The highest BCUT2D eigenvalue weighted by Crippen LogP contribution is 2.22. The van der Waals surface area contributed by atoms with Gasteiger partial charge in [0.05, 0.1) is 0 Å². The lowest BCUT2D eigenvalue weighted by atomic mass is 9.88. The lowest BCUT2D eigenvalue weighted by molar-refractivity contribution is -0.167. The Balaban J connectivity index is 2.74. The van der Waals surface area contributed by atoms with E-state index < -0.39 is 37.0 Å². The summed E-state index contributed by atoms with van der Waals surface area (Å²) < 4.78 is 37.6. The summed E-state index contributed by atoms with van der Waals surface area (Å²) in [6.45, 7) is 0.909. The predicted molar refractivity (Wildman–Crippen MR) is 66.9 cm³/mol. The van der Waals surface area contributed by atoms with Crippen LogP contribution in [0.25, 0.3) is 0 Å². The summed E-state index contributed by atoms with van der Waals surface area (Å²) in [6.07, 6.45) is -4.51. The molecule has 0 aromatic heterocycles. The molecular formula is C12H20F3N3O2. The SMILES string of the molecule is CC(C(=O)N(CC(=O)N(C)C)CC(F)(F)F)C1CNC1. The summed E-state index contributed by atoms with van der Waals surface area (Å²) in [4.78, 5) is 25.5. The lowest BCUT2D eigenvalue weighted by Gasteiger charge is -2.35. The van der Waals surface area contributed by atoms with Gasteiger partial charge in [0.15, 0.2) is 0 Å². The van der Waals surface area contributed by atoms with Crippen LogP contribution in [0.2, 0.25) is 0 Å². The number of likely N-dealkylation sites (N-methyl/N-ethyl adjacent to an activating group) is 1. The average molecular weight is 295 g/mol. The zero-order chi connectivity index (χ0) is 15.5. The molecule has 2 amide bonds. The Hall–Kier alpha value is -1.31. The molecule has 1 aliphatic heterocycles. The van der Waals surface area contributed by atoms with Gasteiger partial charge in [-0.15, -0.1) is 0 Å². The maximum Gasteiger partial charge on any atom is 0.406 e. The van der Waals surface area contributed by atoms with Crippen LogP contribution in [-0.2, 0) is 9.59 Å². The van der Waals surface area contributed by atoms with Crippen LogP contribution in [0.1, 0.15) is 6.92 Å². The van der Waals surface area contributed by atoms with Crippen LogP contribution >= 0.6 is 0 Å². The highest BCUT2D eigenvalue weighted by Gasteiger charge is 2.38. The van der Waals surface area contributed by atoms with Gasteiger partial charge in [-0.25, -0.2) is 0 Å². The maximum absolute atomic E-state index is 12.5. The van der Waals surface area contributed by atoms with Gasteiger partial charge in [-0.1, -0.05) is 6.92 Å². The predicted octanol–water partition coefficient (Wildman–Crippen LogP) is 0.321. The van der Waals surface area contributed by atoms with Crippen molar-refractivity contribution in [2.24, 2.45) is 11.8 Å². The van der Waals surface area contributed by atoms with E-state index in [2.05, 4.69) is 5.32 Å². The number of carbonyl (C=O) groups is 2. The fourth-order valence-electron chi connectivity index (χ4n) is 1.89. The smallest absolute Gasteiger partial charge is 0.347 e. The largest absolute Gasteiger partial charge is 0.406 e. The monoisotopic (exact) mass is 295 g/mol. The Kier molecular flexibility index (Phi) is 5.38. The first-order valence-electron chi connectivity index (χ1n) is 6.38. The molecule has 1 heterocycles. The second-order valence-corrected chi connectivity index (χ2v) is 5.30. The van der Waals surface area contributed by atoms with Crippen LogP contribution < -0.4 is 5.32 Å². The zero-order valence-corrected chi connectivity index (χ0v) is 11.8. The first-order chi connectivity index (χ1) is 9.11. The summed E-state index contributed by atoms with van der Waals surface area (Å²) in [5.74, 6) is -1.63. The molecule has 1 fully saturated rings. The third kappa shape index (κ3) is 4.66. The van der Waals surface area contributed by atoms with Crippen molar-refractivity contribution in [2.75, 3.05) is 40.3 Å². The third-order valence-corrected chi connectivity index (χ3v) is 3.42. The molecule has 1 rings (SSSR count). The number of carbonyl (C=O) groups excluding carboxylic acids is 2. The first kappa shape index (κ1) is 16.7. The summed E-state index contributed by atoms with van der Waals surface area (Å²) in [6, 6.07) is 0. The van der Waals surface area contributed by atoms with E-state index in [1.165, 1.54) is 19.0 Å². The van der Waals surface area contributed by atoms with E-state index in [0.29, 0.717) is 18.0 Å². The van der Waals surface area contributed by atoms with Gasteiger partial charge in [0.1, 0.15) is 13.1 Å². The second kappa shape index (κ2) is 6.43. The second-order valence-electron chi connectivity index (χ2n) is 5.30. The summed E-state index contributed by atoms with van der Waals surface area (Å²) in [7, 11) is 2.88. The van der Waals surface area contributed by atoms with E-state index >= 15 is 0 Å². The quantitative estimate of drug-likeness (QED) is 0.795. The molecule has 1 atom stereocenters. The number of nitrogens with one attached hydrogen (secondary N) is 1. The number of hydrogen-bond acceptors (Lipinski definition) is 3. The average Bonchev–Trinajstić information content (AvgIpc) is 2.22. The maximum atomic E-state index is 12.5. The molecule has 8 heteroatoms. The number of amides is 2. The molecule has 0 saturated carbocycles. The Morgan fingerprint density at radius 1 is 1.30 bits per heavy atom. The van der Waals surface area contributed by atoms with Crippen molar-refractivity contribution in [3.8, 4) is 0 Å². The molecule has 5 nitrogen and oxygen atoms in total. The van der Waals surface area contributed by atoms with Crippen molar-refractivity contribution in [3.05, 3.63) is 0 Å². The van der Waals surface area contributed by atoms with Gasteiger partial charge >= 0.3 is 6.18 Å². The Morgan fingerprint density at radius 3 is 2.20 bits per heavy atom. The molecule has 0 aliphatic carbocycles. The van der Waals surface area contributed by atoms with Crippen molar-refractivity contribution in [1.29, 1.82) is 0 Å². The van der Waals surface area contributed by atoms with Crippen LogP contribution in [-0.4, -0.2) is 68.1 Å². The highest BCUT2D eigenvalue weighted by atomic mass is 19.4. The fourth-order valence-corrected chi connectivity index (χ4v) is 1.89. The third-order valence-electron chi connectivity index (χ3n) is 3.42. The van der Waals surface area contributed by atoms with Crippen molar-refractivity contribution in [2.45, 2.75) is 13.1 Å². The first-order valence-corrected chi connectivity index (χ1v) is 6.38. The van der Waals surface area contributed by atoms with Crippen LogP contribution in [0.5, 0.6) is 0 Å². The minimum Gasteiger partial charge on any atom is -0.347 e. The molecular weight excluding hydrogens is 275 g/mol. The molecule has 0 bridgehead atoms. The van der Waals surface area contributed by atoms with Crippen LogP contribution in [0.3, 0.4) is 0 Å². The van der Waals surface area contributed by atoms with Crippen LogP contribution in [0, 0.1) is 11.8 Å². The molecule has 1 unspecified atom stereocenters. The van der Waals surface area contributed by atoms with Crippen molar-refractivity contribution >= 4 is 11.8 Å². The lowest BCUT2D eigenvalue weighted by Crippen LogP contribution is -2.53. The number of rotatable bonds is 5. The van der Waals surface area contributed by atoms with Gasteiger partial charge in [0.2, 0.25) is 11.8 Å². The van der Waals surface area contributed by atoms with Gasteiger partial charge < -0.3 is 15.1 Å². The van der Waals surface area contributed by atoms with Crippen LogP contribution in [0.15, 0.2) is 0 Å². The number of alkyl halides is 3. The van der Waals surface area contributed by atoms with Gasteiger partial charge in [-0.3, -0.25) is 9.59 Å². The molecule has 0 radical (unpaired) electrons. The molecule has 20 heavy (non-hydrogen) atoms. The van der Waals surface area contributed by atoms with E-state index in [9.17, 15) is 22.8 Å². The highest BCUT2D eigenvalue weighted by molar-refractivity contribution is 5.85. The summed E-state index contributed by atoms with van der Waals surface area (Å²) in [5.41, 5.74) is 0. The molecule has 116 valence electrons. The minimum absolute atomic E-state index is 0.0349. The fraction of sp³-hybridized carbons (Fsp3) is 0.833. The molecule has 1 aliphatic rings. The standard InChI is InChI=1S/C12H20F3N3O2/c1-8(9-4-16-5-9)11(20)18(7-12(13,14)15)6-10(19)17(2)3/h8-9,16H,4-7H2,1-3H3. The number of hydrogen-bond donors (Lipinski definition) is 1. The van der Waals surface area contributed by atoms with E-state index in [-0.39, 0.29) is 5.92 Å². The molecule has 0 spiro atoms. The molecule has 1 N–H and O–H groups in total. The van der Waals surface area contributed by atoms with Gasteiger partial charge in [-0.2, -0.15) is 13.2 Å². The van der Waals surface area contributed by atoms with Crippen molar-refractivity contribution in [1.82, 2.24) is 15.1 Å². The molecule has 1 saturated heterocycles. The van der Waals surface area contributed by atoms with Gasteiger partial charge in [-0.05, 0) is 19.0 Å². The van der Waals surface area contributed by atoms with E-state index in [0.717, 1.165) is 0 Å². The molecule has 0 aromatic rings. The molecule has 0 aromatic carbocycles. The van der Waals surface area contributed by atoms with Crippen molar-refractivity contribution in [3.63, 3.8) is 0 Å². The minimum atomic E-state index is -4.51. The number of nitrogens with zero attached hydrogens (tertiary/aromatic N) is 2. The van der Waals surface area contributed by atoms with E-state index in [4.69, 9.17) is 0 Å². The van der Waals surface area contributed by atoms with Crippen LogP contribution in [0.4, 0.5) is 13.2 Å². The summed E-state index contributed by atoms with van der Waals surface area (Å²) in [5, 5.41) is 2.98. The van der Waals surface area contributed by atoms with Gasteiger partial charge in [0.25, 0.3) is 0 Å². The Labute approximate surface area is 116 Å². The zero-order valence-electron chi connectivity index (χ0n) is 11.8. The summed E-state index contributed by atoms with van der Waals surface area (Å²) >= 11 is 0. The number of halogens is 3.